The van der Waals surface area contributed by atoms with Gasteiger partial charge in [-0.05, 0) is 19.2 Å². The summed E-state index contributed by atoms with van der Waals surface area (Å²) >= 11 is 3.42. The second-order valence-electron chi connectivity index (χ2n) is 2.83. The van der Waals surface area contributed by atoms with Crippen LogP contribution in [0.15, 0.2) is 16.6 Å². The molecule has 0 aliphatic carbocycles. The van der Waals surface area contributed by atoms with Gasteiger partial charge in [-0.15, -0.1) is 0 Å². The van der Waals surface area contributed by atoms with Crippen molar-refractivity contribution in [3.8, 4) is 11.5 Å². The summed E-state index contributed by atoms with van der Waals surface area (Å²) in [6, 6.07) is 3.90. The molecule has 1 aromatic rings. The molecule has 0 radical (unpaired) electrons. The fourth-order valence-electron chi connectivity index (χ4n) is 1.33. The highest BCUT2D eigenvalue weighted by atomic mass is 79.9. The van der Waals surface area contributed by atoms with Crippen LogP contribution < -0.4 is 14.8 Å². The monoisotopic (exact) mass is 259 g/mol. The Balaban J connectivity index is 3.17. The van der Waals surface area contributed by atoms with Gasteiger partial charge >= 0.3 is 0 Å². The van der Waals surface area contributed by atoms with Crippen LogP contribution >= 0.6 is 15.9 Å². The highest BCUT2D eigenvalue weighted by Gasteiger charge is 2.10. The maximum absolute atomic E-state index is 5.29. The van der Waals surface area contributed by atoms with Crippen molar-refractivity contribution in [3.05, 3.63) is 22.2 Å². The van der Waals surface area contributed by atoms with Gasteiger partial charge in [0.05, 0.1) is 14.2 Å². The molecule has 1 N–H and O–H groups in total. The van der Waals surface area contributed by atoms with Crippen LogP contribution in [0.25, 0.3) is 0 Å². The lowest BCUT2D eigenvalue weighted by Crippen LogP contribution is -2.07. The van der Waals surface area contributed by atoms with Crippen LogP contribution in [0.5, 0.6) is 11.5 Å². The molecular formula is C10H14BrNO2. The minimum atomic E-state index is 0.743. The SMILES string of the molecule is CNCc1cc(Br)cc(OC)c1OC. The number of hydrogen-bond acceptors (Lipinski definition) is 3. The molecular weight excluding hydrogens is 246 g/mol. The number of nitrogens with one attached hydrogen (secondary N) is 1. The van der Waals surface area contributed by atoms with Crippen molar-refractivity contribution in [2.75, 3.05) is 21.3 Å². The predicted molar refractivity (Wildman–Crippen MR) is 60.0 cm³/mol. The van der Waals surface area contributed by atoms with Gasteiger partial charge < -0.3 is 14.8 Å². The first-order valence-corrected chi connectivity index (χ1v) is 5.07. The van der Waals surface area contributed by atoms with Crippen LogP contribution in [0.1, 0.15) is 5.56 Å². The standard InChI is InChI=1S/C10H14BrNO2/c1-12-6-7-4-8(11)5-9(13-2)10(7)14-3/h4-5,12H,6H2,1-3H3. The lowest BCUT2D eigenvalue weighted by atomic mass is 10.2. The minimum absolute atomic E-state index is 0.743. The summed E-state index contributed by atoms with van der Waals surface area (Å²) in [5.74, 6) is 1.53. The van der Waals surface area contributed by atoms with Gasteiger partial charge in [0.25, 0.3) is 0 Å². The summed E-state index contributed by atoms with van der Waals surface area (Å²) in [6.07, 6.45) is 0. The molecule has 0 saturated carbocycles. The summed E-state index contributed by atoms with van der Waals surface area (Å²) in [4.78, 5) is 0. The first-order chi connectivity index (χ1) is 6.72. The fraction of sp³-hybridized carbons (Fsp3) is 0.400. The second-order valence-corrected chi connectivity index (χ2v) is 3.75. The topological polar surface area (TPSA) is 30.5 Å². The van der Waals surface area contributed by atoms with Gasteiger partial charge in [-0.3, -0.25) is 0 Å². The molecule has 0 spiro atoms. The molecule has 0 aromatic heterocycles. The van der Waals surface area contributed by atoms with Crippen LogP contribution in [0, 0.1) is 0 Å². The van der Waals surface area contributed by atoms with E-state index in [0.717, 1.165) is 28.1 Å². The van der Waals surface area contributed by atoms with Gasteiger partial charge in [-0.2, -0.15) is 0 Å². The van der Waals surface area contributed by atoms with E-state index < -0.39 is 0 Å². The van der Waals surface area contributed by atoms with E-state index in [4.69, 9.17) is 9.47 Å². The van der Waals surface area contributed by atoms with Crippen molar-refractivity contribution in [1.82, 2.24) is 5.32 Å². The van der Waals surface area contributed by atoms with Crippen molar-refractivity contribution in [2.45, 2.75) is 6.54 Å². The molecule has 0 bridgehead atoms. The molecule has 0 atom stereocenters. The number of methoxy groups -OCH3 is 2. The van der Waals surface area contributed by atoms with Crippen molar-refractivity contribution in [3.63, 3.8) is 0 Å². The Morgan fingerprint density at radius 2 is 2.00 bits per heavy atom. The number of benzene rings is 1. The molecule has 0 aliphatic heterocycles. The van der Waals surface area contributed by atoms with E-state index in [1.54, 1.807) is 14.2 Å². The smallest absolute Gasteiger partial charge is 0.165 e. The van der Waals surface area contributed by atoms with Crippen LogP contribution in [-0.4, -0.2) is 21.3 Å². The molecule has 14 heavy (non-hydrogen) atoms. The molecule has 0 saturated heterocycles. The zero-order chi connectivity index (χ0) is 10.6. The van der Waals surface area contributed by atoms with Crippen molar-refractivity contribution >= 4 is 15.9 Å². The Kier molecular flexibility index (Phi) is 4.22. The summed E-state index contributed by atoms with van der Waals surface area (Å²) in [7, 11) is 5.17. The average molecular weight is 260 g/mol. The highest BCUT2D eigenvalue weighted by Crippen LogP contribution is 2.34. The predicted octanol–water partition coefficient (Wildman–Crippen LogP) is 2.19. The van der Waals surface area contributed by atoms with E-state index in [-0.39, 0.29) is 0 Å². The van der Waals surface area contributed by atoms with Gasteiger partial charge in [0.1, 0.15) is 0 Å². The zero-order valence-electron chi connectivity index (χ0n) is 8.56. The Hall–Kier alpha value is -0.740. The summed E-state index contributed by atoms with van der Waals surface area (Å²) < 4.78 is 11.5. The molecule has 0 unspecified atom stereocenters. The molecule has 4 heteroatoms. The van der Waals surface area contributed by atoms with E-state index >= 15 is 0 Å². The Bertz CT molecular complexity index is 315. The minimum Gasteiger partial charge on any atom is -0.493 e. The molecule has 78 valence electrons. The van der Waals surface area contributed by atoms with Crippen LogP contribution in [0.2, 0.25) is 0 Å². The van der Waals surface area contributed by atoms with Crippen molar-refractivity contribution < 1.29 is 9.47 Å². The summed E-state index contributed by atoms with van der Waals surface area (Å²) in [5.41, 5.74) is 1.07. The molecule has 1 rings (SSSR count). The van der Waals surface area contributed by atoms with E-state index in [9.17, 15) is 0 Å². The molecule has 0 heterocycles. The Morgan fingerprint density at radius 3 is 2.50 bits per heavy atom. The quantitative estimate of drug-likeness (QED) is 0.900. The third-order valence-corrected chi connectivity index (χ3v) is 2.35. The Labute approximate surface area is 92.5 Å². The highest BCUT2D eigenvalue weighted by molar-refractivity contribution is 9.10. The second kappa shape index (κ2) is 5.22. The summed E-state index contributed by atoms with van der Waals surface area (Å²) in [6.45, 7) is 0.749. The number of halogens is 1. The first-order valence-electron chi connectivity index (χ1n) is 4.28. The number of hydrogen-bond donors (Lipinski definition) is 1. The number of rotatable bonds is 4. The lowest BCUT2D eigenvalue weighted by Gasteiger charge is -2.13. The number of ether oxygens (including phenoxy) is 2. The normalized spacial score (nSPS) is 10.0. The average Bonchev–Trinajstić information content (AvgIpc) is 2.17. The van der Waals surface area contributed by atoms with E-state index in [2.05, 4.69) is 21.2 Å². The Morgan fingerprint density at radius 1 is 1.29 bits per heavy atom. The third-order valence-electron chi connectivity index (χ3n) is 1.89. The third kappa shape index (κ3) is 2.39. The molecule has 3 nitrogen and oxygen atoms in total. The fourth-order valence-corrected chi connectivity index (χ4v) is 1.81. The van der Waals surface area contributed by atoms with Crippen LogP contribution in [0.3, 0.4) is 0 Å². The van der Waals surface area contributed by atoms with Gasteiger partial charge in [0.15, 0.2) is 11.5 Å². The maximum Gasteiger partial charge on any atom is 0.165 e. The maximum atomic E-state index is 5.29. The summed E-state index contributed by atoms with van der Waals surface area (Å²) in [5, 5.41) is 3.08. The lowest BCUT2D eigenvalue weighted by molar-refractivity contribution is 0.351. The van der Waals surface area contributed by atoms with Crippen molar-refractivity contribution in [1.29, 1.82) is 0 Å². The van der Waals surface area contributed by atoms with Crippen molar-refractivity contribution in [2.24, 2.45) is 0 Å². The largest absolute Gasteiger partial charge is 0.493 e. The van der Waals surface area contributed by atoms with Gasteiger partial charge in [0, 0.05) is 16.6 Å². The van der Waals surface area contributed by atoms with Gasteiger partial charge in [-0.1, -0.05) is 15.9 Å². The molecule has 0 fully saturated rings. The molecule has 0 aliphatic rings. The van der Waals surface area contributed by atoms with Gasteiger partial charge in [0.2, 0.25) is 0 Å². The first kappa shape index (κ1) is 11.3. The molecule has 0 amide bonds. The van der Waals surface area contributed by atoms with Crippen LogP contribution in [0.4, 0.5) is 0 Å². The van der Waals surface area contributed by atoms with E-state index in [1.807, 2.05) is 19.2 Å². The van der Waals surface area contributed by atoms with Crippen LogP contribution in [-0.2, 0) is 6.54 Å². The van der Waals surface area contributed by atoms with E-state index in [1.165, 1.54) is 0 Å². The van der Waals surface area contributed by atoms with E-state index in [0.29, 0.717) is 0 Å². The zero-order valence-corrected chi connectivity index (χ0v) is 10.1. The molecule has 1 aromatic carbocycles. The van der Waals surface area contributed by atoms with Gasteiger partial charge in [-0.25, -0.2) is 0 Å².